The van der Waals surface area contributed by atoms with Gasteiger partial charge >= 0.3 is 11.9 Å². The molecule has 0 bridgehead atoms. The Morgan fingerprint density at radius 1 is 0.846 bits per heavy atom. The quantitative estimate of drug-likeness (QED) is 0.779. The van der Waals surface area contributed by atoms with Gasteiger partial charge in [-0.2, -0.15) is 0 Å². The highest BCUT2D eigenvalue weighted by Crippen LogP contribution is 2.47. The monoisotopic (exact) mass is 358 g/mol. The predicted molar refractivity (Wildman–Crippen MR) is 101 cm³/mol. The minimum Gasteiger partial charge on any atom is -0.481 e. The summed E-state index contributed by atoms with van der Waals surface area (Å²) in [6.07, 6.45) is 7.72. The van der Waals surface area contributed by atoms with Crippen molar-refractivity contribution in [3.63, 3.8) is 0 Å². The Kier molecular flexibility index (Phi) is 5.14. The van der Waals surface area contributed by atoms with E-state index >= 15 is 0 Å². The number of carbonyl (C=O) groups is 2. The van der Waals surface area contributed by atoms with Crippen molar-refractivity contribution in [2.45, 2.75) is 88.9 Å². The van der Waals surface area contributed by atoms with Crippen LogP contribution in [0.4, 0.5) is 0 Å². The zero-order valence-electron chi connectivity index (χ0n) is 15.9. The lowest BCUT2D eigenvalue weighted by Crippen LogP contribution is -2.42. The number of fused-ring (bicyclic) bond motifs is 2. The van der Waals surface area contributed by atoms with Crippen LogP contribution in [0.1, 0.15) is 87.5 Å². The highest BCUT2D eigenvalue weighted by atomic mass is 16.4. The Labute approximate surface area is 155 Å². The molecule has 0 aliphatic heterocycles. The average molecular weight is 358 g/mol. The molecule has 4 nitrogen and oxygen atoms in total. The van der Waals surface area contributed by atoms with Gasteiger partial charge in [0.1, 0.15) is 0 Å². The summed E-state index contributed by atoms with van der Waals surface area (Å²) in [6.45, 7) is 4.07. The van der Waals surface area contributed by atoms with Gasteiger partial charge in [0.15, 0.2) is 0 Å². The Morgan fingerprint density at radius 2 is 1.23 bits per heavy atom. The maximum absolute atomic E-state index is 12.2. The van der Waals surface area contributed by atoms with Crippen LogP contribution in [0.15, 0.2) is 12.1 Å². The smallest absolute Gasteiger partial charge is 0.314 e. The summed E-state index contributed by atoms with van der Waals surface area (Å²) in [6, 6.07) is 4.14. The molecule has 2 N–H and O–H groups in total. The topological polar surface area (TPSA) is 74.6 Å². The first-order valence-corrected chi connectivity index (χ1v) is 10.0. The van der Waals surface area contributed by atoms with Crippen molar-refractivity contribution >= 4 is 11.9 Å². The molecule has 2 aliphatic carbocycles. The number of rotatable bonds is 6. The molecule has 2 atom stereocenters. The average Bonchev–Trinajstić information content (AvgIpc) is 2.61. The van der Waals surface area contributed by atoms with Crippen LogP contribution in [0.5, 0.6) is 0 Å². The summed E-state index contributed by atoms with van der Waals surface area (Å²) >= 11 is 0. The van der Waals surface area contributed by atoms with E-state index in [2.05, 4.69) is 12.1 Å². The summed E-state index contributed by atoms with van der Waals surface area (Å²) in [5, 5.41) is 20.1. The van der Waals surface area contributed by atoms with Gasteiger partial charge < -0.3 is 10.2 Å². The molecule has 0 unspecified atom stereocenters. The van der Waals surface area contributed by atoms with Crippen LogP contribution in [0.25, 0.3) is 0 Å². The van der Waals surface area contributed by atoms with Crippen LogP contribution in [0.3, 0.4) is 0 Å². The molecule has 3 rings (SSSR count). The fraction of sp³-hybridized carbons (Fsp3) is 0.636. The van der Waals surface area contributed by atoms with Crippen molar-refractivity contribution in [1.29, 1.82) is 0 Å². The Bertz CT molecular complexity index is 661. The highest BCUT2D eigenvalue weighted by molar-refractivity contribution is 5.85. The first kappa shape index (κ1) is 18.9. The molecule has 0 spiro atoms. The maximum Gasteiger partial charge on any atom is 0.314 e. The van der Waals surface area contributed by atoms with Crippen molar-refractivity contribution in [3.05, 3.63) is 34.4 Å². The third kappa shape index (κ3) is 2.74. The molecule has 1 aromatic rings. The molecular formula is C22H30O4. The van der Waals surface area contributed by atoms with Gasteiger partial charge in [0.25, 0.3) is 0 Å². The molecular weight excluding hydrogens is 328 g/mol. The minimum atomic E-state index is -0.800. The van der Waals surface area contributed by atoms with E-state index in [0.717, 1.165) is 60.8 Å². The second kappa shape index (κ2) is 7.05. The van der Waals surface area contributed by atoms with Gasteiger partial charge in [-0.25, -0.2) is 0 Å². The molecule has 0 heterocycles. The zero-order chi connectivity index (χ0) is 18.9. The van der Waals surface area contributed by atoms with E-state index in [4.69, 9.17) is 0 Å². The van der Waals surface area contributed by atoms with Crippen LogP contribution < -0.4 is 0 Å². The molecule has 26 heavy (non-hydrogen) atoms. The van der Waals surface area contributed by atoms with Gasteiger partial charge in [-0.15, -0.1) is 0 Å². The second-order valence-corrected chi connectivity index (χ2v) is 8.15. The number of aryl methyl sites for hydroxylation is 2. The van der Waals surface area contributed by atoms with E-state index in [9.17, 15) is 19.8 Å². The van der Waals surface area contributed by atoms with Crippen LogP contribution in [0, 0.1) is 0 Å². The van der Waals surface area contributed by atoms with E-state index in [1.165, 1.54) is 0 Å². The molecule has 2 aliphatic rings. The summed E-state index contributed by atoms with van der Waals surface area (Å²) in [7, 11) is 0. The van der Waals surface area contributed by atoms with Crippen LogP contribution >= 0.6 is 0 Å². The summed E-state index contributed by atoms with van der Waals surface area (Å²) in [5.41, 5.74) is 2.43. The first-order chi connectivity index (χ1) is 12.4. The number of benzene rings is 1. The SMILES string of the molecule is CCC[C@@]1(C(=O)O)CCCc2cc3c(cc21)CCC[C@]3(CCC)C(=O)O. The van der Waals surface area contributed by atoms with Crippen LogP contribution in [-0.2, 0) is 33.3 Å². The van der Waals surface area contributed by atoms with Crippen molar-refractivity contribution in [2.24, 2.45) is 0 Å². The van der Waals surface area contributed by atoms with Crippen LogP contribution in [-0.4, -0.2) is 22.2 Å². The number of carboxylic acid groups (broad SMARTS) is 2. The number of hydrogen-bond acceptors (Lipinski definition) is 2. The molecule has 0 saturated heterocycles. The van der Waals surface area contributed by atoms with E-state index < -0.39 is 22.8 Å². The van der Waals surface area contributed by atoms with Gasteiger partial charge in [0.05, 0.1) is 10.8 Å². The Hall–Kier alpha value is -1.84. The normalized spacial score (nSPS) is 27.5. The fourth-order valence-electron chi connectivity index (χ4n) is 5.46. The lowest BCUT2D eigenvalue weighted by atomic mass is 9.62. The summed E-state index contributed by atoms with van der Waals surface area (Å²) < 4.78 is 0. The zero-order valence-corrected chi connectivity index (χ0v) is 15.9. The number of carboxylic acids is 2. The van der Waals surface area contributed by atoms with Crippen molar-refractivity contribution in [3.8, 4) is 0 Å². The fourth-order valence-corrected chi connectivity index (χ4v) is 5.46. The molecule has 0 aromatic heterocycles. The molecule has 0 saturated carbocycles. The summed E-state index contributed by atoms with van der Waals surface area (Å²) in [4.78, 5) is 24.5. The third-order valence-corrected chi connectivity index (χ3v) is 6.63. The predicted octanol–water partition coefficient (Wildman–Crippen LogP) is 4.60. The van der Waals surface area contributed by atoms with Crippen molar-refractivity contribution in [1.82, 2.24) is 0 Å². The van der Waals surface area contributed by atoms with Gasteiger partial charge in [-0.1, -0.05) is 38.8 Å². The van der Waals surface area contributed by atoms with E-state index in [-0.39, 0.29) is 0 Å². The van der Waals surface area contributed by atoms with E-state index in [1.54, 1.807) is 0 Å². The first-order valence-electron chi connectivity index (χ1n) is 10.0. The lowest BCUT2D eigenvalue weighted by Gasteiger charge is -2.40. The largest absolute Gasteiger partial charge is 0.481 e. The van der Waals surface area contributed by atoms with Gasteiger partial charge in [0, 0.05) is 0 Å². The molecule has 4 heteroatoms. The van der Waals surface area contributed by atoms with Crippen molar-refractivity contribution in [2.75, 3.05) is 0 Å². The number of aliphatic carboxylic acids is 2. The van der Waals surface area contributed by atoms with Gasteiger partial charge in [-0.05, 0) is 73.6 Å². The Balaban J connectivity index is 2.20. The molecule has 0 radical (unpaired) electrons. The molecule has 0 amide bonds. The minimum absolute atomic E-state index is 0.646. The molecule has 142 valence electrons. The molecule has 1 aromatic carbocycles. The summed E-state index contributed by atoms with van der Waals surface area (Å²) in [5.74, 6) is -1.46. The van der Waals surface area contributed by atoms with Crippen molar-refractivity contribution < 1.29 is 19.8 Å². The number of hydrogen-bond donors (Lipinski definition) is 2. The van der Waals surface area contributed by atoms with Gasteiger partial charge in [-0.3, -0.25) is 9.59 Å². The van der Waals surface area contributed by atoms with Crippen LogP contribution in [0.2, 0.25) is 0 Å². The van der Waals surface area contributed by atoms with E-state index in [1.807, 2.05) is 13.8 Å². The molecule has 0 fully saturated rings. The lowest BCUT2D eigenvalue weighted by molar-refractivity contribution is -0.146. The Morgan fingerprint density at radius 3 is 1.54 bits per heavy atom. The maximum atomic E-state index is 12.2. The van der Waals surface area contributed by atoms with Gasteiger partial charge in [0.2, 0.25) is 0 Å². The standard InChI is InChI=1S/C22H30O4/c1-3-9-21(19(23)24)11-5-7-15-14-18-16(13-17(15)21)8-6-12-22(18,10-4-2)20(25)26/h13-14H,3-12H2,1-2H3,(H,23,24)(H,25,26)/t21-,22+. The second-order valence-electron chi connectivity index (χ2n) is 8.15. The van der Waals surface area contributed by atoms with E-state index in [0.29, 0.717) is 25.7 Å². The third-order valence-electron chi connectivity index (χ3n) is 6.63. The highest BCUT2D eigenvalue weighted by Gasteiger charge is 2.47.